The maximum Gasteiger partial charge on any atom is 0.191 e. The topological polar surface area (TPSA) is 64.1 Å². The van der Waals surface area contributed by atoms with Crippen molar-refractivity contribution < 1.29 is 18.6 Å². The van der Waals surface area contributed by atoms with Gasteiger partial charge in [-0.25, -0.2) is 9.38 Å². The van der Waals surface area contributed by atoms with E-state index in [1.807, 2.05) is 25.3 Å². The van der Waals surface area contributed by atoms with Crippen LogP contribution in [0, 0.1) is 5.82 Å². The van der Waals surface area contributed by atoms with Crippen molar-refractivity contribution in [2.24, 2.45) is 4.99 Å². The molecule has 0 unspecified atom stereocenters. The second-order valence-electron chi connectivity index (χ2n) is 6.41. The van der Waals surface area contributed by atoms with Crippen LogP contribution in [0.3, 0.4) is 0 Å². The molecule has 2 aromatic rings. The van der Waals surface area contributed by atoms with Crippen molar-refractivity contribution in [2.75, 3.05) is 34.1 Å². The fourth-order valence-electron chi connectivity index (χ4n) is 2.96. The molecule has 0 fully saturated rings. The van der Waals surface area contributed by atoms with Gasteiger partial charge in [-0.2, -0.15) is 11.8 Å². The van der Waals surface area contributed by atoms with E-state index < -0.39 is 0 Å². The lowest BCUT2D eigenvalue weighted by Crippen LogP contribution is -2.37. The molecule has 0 saturated carbocycles. The first-order valence-corrected chi connectivity index (χ1v) is 11.0. The predicted octanol–water partition coefficient (Wildman–Crippen LogP) is 3.97. The number of benzene rings is 2. The van der Waals surface area contributed by atoms with Gasteiger partial charge in [-0.15, -0.1) is 0 Å². The summed E-state index contributed by atoms with van der Waals surface area (Å²) in [5.41, 5.74) is 2.89. The Bertz CT molecular complexity index is 862. The molecule has 0 atom stereocenters. The van der Waals surface area contributed by atoms with E-state index in [2.05, 4.69) is 15.6 Å². The van der Waals surface area contributed by atoms with Crippen molar-refractivity contribution in [2.45, 2.75) is 25.8 Å². The van der Waals surface area contributed by atoms with Crippen LogP contribution < -0.4 is 24.8 Å². The number of ether oxygens (including phenoxy) is 3. The number of hydrogen-bond acceptors (Lipinski definition) is 5. The van der Waals surface area contributed by atoms with Gasteiger partial charge in [-0.3, -0.25) is 0 Å². The fraction of sp³-hybridized carbons (Fsp3) is 0.409. The summed E-state index contributed by atoms with van der Waals surface area (Å²) in [7, 11) is 4.79. The van der Waals surface area contributed by atoms with Crippen molar-refractivity contribution in [1.29, 1.82) is 0 Å². The third-order valence-electron chi connectivity index (χ3n) is 4.45. The monoisotopic (exact) mass is 435 g/mol. The number of halogens is 1. The third-order valence-corrected chi connectivity index (χ3v) is 5.05. The molecule has 0 aromatic heterocycles. The van der Waals surface area contributed by atoms with Gasteiger partial charge >= 0.3 is 0 Å². The number of guanidine groups is 1. The fourth-order valence-corrected chi connectivity index (χ4v) is 3.54. The van der Waals surface area contributed by atoms with Crippen LogP contribution >= 0.6 is 11.8 Å². The molecular weight excluding hydrogens is 405 g/mol. The number of hydrogen-bond donors (Lipinski definition) is 2. The first kappa shape index (κ1) is 23.7. The maximum atomic E-state index is 13.6. The molecule has 0 saturated heterocycles. The highest BCUT2D eigenvalue weighted by molar-refractivity contribution is 7.97. The standard InChI is InChI=1S/C22H30FN3O3S/c1-6-24-22(25-12-15-7-8-18(23)9-17(15)14-30-5)26-13-16-10-20(28-3)21(29-4)11-19(16)27-2/h7-11H,6,12-14H2,1-5H3,(H2,24,25,26). The van der Waals surface area contributed by atoms with Gasteiger partial charge < -0.3 is 24.8 Å². The first-order chi connectivity index (χ1) is 14.6. The maximum absolute atomic E-state index is 13.6. The van der Waals surface area contributed by atoms with E-state index in [0.29, 0.717) is 36.3 Å². The lowest BCUT2D eigenvalue weighted by atomic mass is 10.1. The van der Waals surface area contributed by atoms with Crippen LogP contribution in [-0.2, 0) is 18.8 Å². The minimum atomic E-state index is -0.219. The van der Waals surface area contributed by atoms with Crippen LogP contribution in [0.4, 0.5) is 4.39 Å². The van der Waals surface area contributed by atoms with Gasteiger partial charge in [0.15, 0.2) is 17.5 Å². The van der Waals surface area contributed by atoms with E-state index >= 15 is 0 Å². The van der Waals surface area contributed by atoms with Gasteiger partial charge in [0.05, 0.1) is 27.9 Å². The number of thioether (sulfide) groups is 1. The zero-order valence-electron chi connectivity index (χ0n) is 18.2. The van der Waals surface area contributed by atoms with Crippen molar-refractivity contribution in [1.82, 2.24) is 10.6 Å². The van der Waals surface area contributed by atoms with Gasteiger partial charge in [0.2, 0.25) is 0 Å². The van der Waals surface area contributed by atoms with Gasteiger partial charge in [-0.1, -0.05) is 6.07 Å². The second kappa shape index (κ2) is 12.2. The van der Waals surface area contributed by atoms with Crippen LogP contribution in [-0.4, -0.2) is 40.1 Å². The van der Waals surface area contributed by atoms with Crippen LogP contribution in [0.2, 0.25) is 0 Å². The Morgan fingerprint density at radius 1 is 0.933 bits per heavy atom. The van der Waals surface area contributed by atoms with Crippen LogP contribution in [0.1, 0.15) is 23.6 Å². The number of nitrogens with zero attached hydrogens (tertiary/aromatic N) is 1. The molecule has 0 bridgehead atoms. The van der Waals surface area contributed by atoms with Gasteiger partial charge in [-0.05, 0) is 42.5 Å². The zero-order chi connectivity index (χ0) is 21.9. The summed E-state index contributed by atoms with van der Waals surface area (Å²) < 4.78 is 29.8. The Balaban J connectivity index is 2.19. The van der Waals surface area contributed by atoms with Gasteiger partial charge in [0.25, 0.3) is 0 Å². The highest BCUT2D eigenvalue weighted by Crippen LogP contribution is 2.34. The number of nitrogens with one attached hydrogen (secondary N) is 2. The predicted molar refractivity (Wildman–Crippen MR) is 121 cm³/mol. The van der Waals surface area contributed by atoms with Crippen LogP contribution in [0.15, 0.2) is 35.3 Å². The summed E-state index contributed by atoms with van der Waals surface area (Å²) in [5.74, 6) is 3.09. The molecule has 0 aliphatic carbocycles. The molecule has 164 valence electrons. The van der Waals surface area contributed by atoms with Crippen molar-refractivity contribution >= 4 is 17.7 Å². The highest BCUT2D eigenvalue weighted by Gasteiger charge is 2.12. The molecule has 30 heavy (non-hydrogen) atoms. The molecule has 0 aliphatic heterocycles. The summed E-state index contributed by atoms with van der Waals surface area (Å²) in [6.07, 6.45) is 2.00. The lowest BCUT2D eigenvalue weighted by molar-refractivity contribution is 0.347. The molecule has 0 amide bonds. The molecule has 2 N–H and O–H groups in total. The summed E-state index contributed by atoms with van der Waals surface area (Å²) in [6, 6.07) is 8.54. The van der Waals surface area contributed by atoms with Crippen LogP contribution in [0.25, 0.3) is 0 Å². The Labute approximate surface area is 182 Å². The molecule has 0 radical (unpaired) electrons. The Kier molecular flexibility index (Phi) is 9.60. The average Bonchev–Trinajstić information content (AvgIpc) is 2.76. The van der Waals surface area contributed by atoms with Crippen LogP contribution in [0.5, 0.6) is 17.2 Å². The molecule has 8 heteroatoms. The van der Waals surface area contributed by atoms with E-state index in [-0.39, 0.29) is 5.82 Å². The minimum Gasteiger partial charge on any atom is -0.496 e. The minimum absolute atomic E-state index is 0.219. The molecule has 2 rings (SSSR count). The smallest absolute Gasteiger partial charge is 0.191 e. The number of methoxy groups -OCH3 is 3. The average molecular weight is 436 g/mol. The molecule has 0 spiro atoms. The van der Waals surface area contributed by atoms with E-state index in [9.17, 15) is 4.39 Å². The van der Waals surface area contributed by atoms with E-state index in [1.54, 1.807) is 45.2 Å². The molecule has 0 heterocycles. The summed E-state index contributed by atoms with van der Waals surface area (Å²) >= 11 is 1.66. The lowest BCUT2D eigenvalue weighted by Gasteiger charge is -2.15. The Morgan fingerprint density at radius 3 is 2.27 bits per heavy atom. The molecule has 0 aliphatic rings. The molecule has 2 aromatic carbocycles. The van der Waals surface area contributed by atoms with Gasteiger partial charge in [0.1, 0.15) is 11.6 Å². The van der Waals surface area contributed by atoms with E-state index in [0.717, 1.165) is 29.0 Å². The largest absolute Gasteiger partial charge is 0.496 e. The molecule has 6 nitrogen and oxygen atoms in total. The Hall–Kier alpha value is -2.61. The quantitative estimate of drug-likeness (QED) is 0.435. The first-order valence-electron chi connectivity index (χ1n) is 9.63. The molecular formula is C22H30FN3O3S. The van der Waals surface area contributed by atoms with E-state index in [4.69, 9.17) is 14.2 Å². The third kappa shape index (κ3) is 6.45. The second-order valence-corrected chi connectivity index (χ2v) is 7.28. The number of aliphatic imine (C=N–C) groups is 1. The van der Waals surface area contributed by atoms with Gasteiger partial charge in [0, 0.05) is 30.5 Å². The zero-order valence-corrected chi connectivity index (χ0v) is 19.0. The highest BCUT2D eigenvalue weighted by atomic mass is 32.2. The van der Waals surface area contributed by atoms with Crippen molar-refractivity contribution in [3.8, 4) is 17.2 Å². The number of rotatable bonds is 10. The normalized spacial score (nSPS) is 11.2. The Morgan fingerprint density at radius 2 is 1.63 bits per heavy atom. The summed E-state index contributed by atoms with van der Waals surface area (Å²) in [6.45, 7) is 3.66. The SMILES string of the molecule is CCNC(=NCc1cc(OC)c(OC)cc1OC)NCc1ccc(F)cc1CSC. The van der Waals surface area contributed by atoms with E-state index in [1.165, 1.54) is 6.07 Å². The summed E-state index contributed by atoms with van der Waals surface area (Å²) in [5, 5.41) is 6.56. The van der Waals surface area contributed by atoms with Crippen molar-refractivity contribution in [3.05, 3.63) is 52.8 Å². The van der Waals surface area contributed by atoms with Crippen molar-refractivity contribution in [3.63, 3.8) is 0 Å². The summed E-state index contributed by atoms with van der Waals surface area (Å²) in [4.78, 5) is 4.67.